The number of amides is 1. The molecule has 4 nitrogen and oxygen atoms in total. The van der Waals surface area contributed by atoms with Crippen LogP contribution in [0.15, 0.2) is 40.9 Å². The molecular weight excluding hydrogens is 368 g/mol. The average molecular weight is 384 g/mol. The molecule has 0 aliphatic carbocycles. The number of ether oxygens (including phenoxy) is 1. The SMILES string of the molecule is Cc1c(Cl)cccc1NCc1ccc(OCC(N)=O)c(Br)c1. The van der Waals surface area contributed by atoms with Crippen molar-refractivity contribution in [1.82, 2.24) is 0 Å². The van der Waals surface area contributed by atoms with Crippen molar-refractivity contribution in [2.75, 3.05) is 11.9 Å². The van der Waals surface area contributed by atoms with Gasteiger partial charge in [0.25, 0.3) is 5.91 Å². The Balaban J connectivity index is 2.03. The third-order valence-corrected chi connectivity index (χ3v) is 4.15. The van der Waals surface area contributed by atoms with E-state index in [0.717, 1.165) is 26.3 Å². The summed E-state index contributed by atoms with van der Waals surface area (Å²) in [4.78, 5) is 10.7. The molecule has 0 radical (unpaired) electrons. The van der Waals surface area contributed by atoms with Gasteiger partial charge in [0, 0.05) is 17.3 Å². The summed E-state index contributed by atoms with van der Waals surface area (Å²) in [5.41, 5.74) is 8.14. The smallest absolute Gasteiger partial charge is 0.255 e. The number of hydrogen-bond acceptors (Lipinski definition) is 3. The highest BCUT2D eigenvalue weighted by atomic mass is 79.9. The second kappa shape index (κ2) is 7.51. The highest BCUT2D eigenvalue weighted by Crippen LogP contribution is 2.27. The van der Waals surface area contributed by atoms with Crippen LogP contribution in [0, 0.1) is 6.92 Å². The van der Waals surface area contributed by atoms with E-state index in [4.69, 9.17) is 22.1 Å². The average Bonchev–Trinajstić information content (AvgIpc) is 2.47. The van der Waals surface area contributed by atoms with Crippen LogP contribution in [-0.2, 0) is 11.3 Å². The van der Waals surface area contributed by atoms with Crippen molar-refractivity contribution in [2.24, 2.45) is 5.73 Å². The van der Waals surface area contributed by atoms with E-state index in [1.54, 1.807) is 6.07 Å². The minimum absolute atomic E-state index is 0.141. The highest BCUT2D eigenvalue weighted by Gasteiger charge is 2.06. The number of hydrogen-bond donors (Lipinski definition) is 2. The summed E-state index contributed by atoms with van der Waals surface area (Å²) in [6.45, 7) is 2.48. The van der Waals surface area contributed by atoms with Crippen LogP contribution in [0.5, 0.6) is 5.75 Å². The lowest BCUT2D eigenvalue weighted by Crippen LogP contribution is -2.20. The van der Waals surface area contributed by atoms with E-state index in [9.17, 15) is 4.79 Å². The normalized spacial score (nSPS) is 10.3. The Morgan fingerprint density at radius 3 is 2.82 bits per heavy atom. The van der Waals surface area contributed by atoms with E-state index in [0.29, 0.717) is 12.3 Å². The minimum Gasteiger partial charge on any atom is -0.483 e. The fourth-order valence-electron chi connectivity index (χ4n) is 1.92. The van der Waals surface area contributed by atoms with Gasteiger partial charge in [0.2, 0.25) is 0 Å². The molecule has 0 fully saturated rings. The molecule has 0 aliphatic rings. The van der Waals surface area contributed by atoms with E-state index >= 15 is 0 Å². The molecule has 0 atom stereocenters. The highest BCUT2D eigenvalue weighted by molar-refractivity contribution is 9.10. The van der Waals surface area contributed by atoms with Gasteiger partial charge in [-0.1, -0.05) is 23.7 Å². The molecule has 2 aromatic carbocycles. The van der Waals surface area contributed by atoms with Gasteiger partial charge >= 0.3 is 0 Å². The number of carbonyl (C=O) groups excluding carboxylic acids is 1. The number of anilines is 1. The molecule has 0 saturated heterocycles. The van der Waals surface area contributed by atoms with Crippen molar-refractivity contribution in [2.45, 2.75) is 13.5 Å². The van der Waals surface area contributed by atoms with Crippen molar-refractivity contribution in [3.05, 3.63) is 57.0 Å². The van der Waals surface area contributed by atoms with E-state index in [1.165, 1.54) is 0 Å². The quantitative estimate of drug-likeness (QED) is 0.795. The van der Waals surface area contributed by atoms with Crippen LogP contribution in [0.2, 0.25) is 5.02 Å². The molecular formula is C16H16BrClN2O2. The van der Waals surface area contributed by atoms with Crippen molar-refractivity contribution in [3.8, 4) is 5.75 Å². The summed E-state index contributed by atoms with van der Waals surface area (Å²) >= 11 is 9.52. The molecule has 0 aromatic heterocycles. The Labute approximate surface area is 142 Å². The number of halogens is 2. The lowest BCUT2D eigenvalue weighted by molar-refractivity contribution is -0.119. The standard InChI is InChI=1S/C16H16BrClN2O2/c1-10-13(18)3-2-4-14(10)20-8-11-5-6-15(12(17)7-11)22-9-16(19)21/h2-7,20H,8-9H2,1H3,(H2,19,21). The van der Waals surface area contributed by atoms with Gasteiger partial charge < -0.3 is 15.8 Å². The van der Waals surface area contributed by atoms with Crippen molar-refractivity contribution in [1.29, 1.82) is 0 Å². The van der Waals surface area contributed by atoms with Crippen LogP contribution >= 0.6 is 27.5 Å². The zero-order chi connectivity index (χ0) is 16.1. The summed E-state index contributed by atoms with van der Waals surface area (Å²) in [5.74, 6) is 0.0792. The maximum absolute atomic E-state index is 10.7. The third kappa shape index (κ3) is 4.39. The Morgan fingerprint density at radius 1 is 1.36 bits per heavy atom. The molecule has 3 N–H and O–H groups in total. The van der Waals surface area contributed by atoms with E-state index in [2.05, 4.69) is 21.2 Å². The number of rotatable bonds is 6. The van der Waals surface area contributed by atoms with E-state index < -0.39 is 5.91 Å². The summed E-state index contributed by atoms with van der Waals surface area (Å²) < 4.78 is 6.07. The van der Waals surface area contributed by atoms with Crippen LogP contribution < -0.4 is 15.8 Å². The lowest BCUT2D eigenvalue weighted by Gasteiger charge is -2.12. The maximum atomic E-state index is 10.7. The molecule has 0 heterocycles. The monoisotopic (exact) mass is 382 g/mol. The van der Waals surface area contributed by atoms with Crippen LogP contribution in [0.25, 0.3) is 0 Å². The third-order valence-electron chi connectivity index (χ3n) is 3.12. The number of carbonyl (C=O) groups is 1. The number of benzene rings is 2. The van der Waals surface area contributed by atoms with Crippen LogP contribution in [0.1, 0.15) is 11.1 Å². The molecule has 6 heteroatoms. The number of nitrogens with two attached hydrogens (primary N) is 1. The van der Waals surface area contributed by atoms with Gasteiger partial charge in [-0.3, -0.25) is 4.79 Å². The predicted octanol–water partition coefficient (Wildman–Crippen LogP) is 3.89. The van der Waals surface area contributed by atoms with Gasteiger partial charge in [-0.2, -0.15) is 0 Å². The Kier molecular flexibility index (Phi) is 5.69. The first-order valence-corrected chi connectivity index (χ1v) is 7.83. The molecule has 116 valence electrons. The van der Waals surface area contributed by atoms with Gasteiger partial charge in [0.15, 0.2) is 6.61 Å². The molecule has 0 spiro atoms. The fraction of sp³-hybridized carbons (Fsp3) is 0.188. The molecule has 0 aliphatic heterocycles. The van der Waals surface area contributed by atoms with Crippen molar-refractivity contribution >= 4 is 39.1 Å². The minimum atomic E-state index is -0.505. The second-order valence-corrected chi connectivity index (χ2v) is 6.05. The summed E-state index contributed by atoms with van der Waals surface area (Å²) in [5, 5.41) is 4.08. The molecule has 0 unspecified atom stereocenters. The molecule has 1 amide bonds. The molecule has 0 saturated carbocycles. The maximum Gasteiger partial charge on any atom is 0.255 e. The van der Waals surface area contributed by atoms with Crippen LogP contribution in [0.3, 0.4) is 0 Å². The zero-order valence-electron chi connectivity index (χ0n) is 12.0. The first kappa shape index (κ1) is 16.6. The van der Waals surface area contributed by atoms with Gasteiger partial charge in [-0.15, -0.1) is 0 Å². The van der Waals surface area contributed by atoms with Crippen LogP contribution in [-0.4, -0.2) is 12.5 Å². The Morgan fingerprint density at radius 2 is 2.14 bits per heavy atom. The van der Waals surface area contributed by atoms with Gasteiger partial charge in [-0.05, 0) is 58.2 Å². The topological polar surface area (TPSA) is 64.3 Å². The van der Waals surface area contributed by atoms with Crippen LogP contribution in [0.4, 0.5) is 5.69 Å². The second-order valence-electron chi connectivity index (χ2n) is 4.79. The molecule has 22 heavy (non-hydrogen) atoms. The molecule has 2 aromatic rings. The van der Waals surface area contributed by atoms with Gasteiger partial charge in [0.05, 0.1) is 4.47 Å². The Hall–Kier alpha value is -1.72. The molecule has 0 bridgehead atoms. The van der Waals surface area contributed by atoms with E-state index in [1.807, 2.05) is 37.3 Å². The Bertz CT molecular complexity index is 692. The largest absolute Gasteiger partial charge is 0.483 e. The van der Waals surface area contributed by atoms with Crippen molar-refractivity contribution in [3.63, 3.8) is 0 Å². The first-order chi connectivity index (χ1) is 10.5. The lowest BCUT2D eigenvalue weighted by atomic mass is 10.1. The van der Waals surface area contributed by atoms with E-state index in [-0.39, 0.29) is 6.61 Å². The summed E-state index contributed by atoms with van der Waals surface area (Å²) in [6.07, 6.45) is 0. The summed E-state index contributed by atoms with van der Waals surface area (Å²) in [6, 6.07) is 11.4. The van der Waals surface area contributed by atoms with Crippen molar-refractivity contribution < 1.29 is 9.53 Å². The number of primary amides is 1. The number of nitrogens with one attached hydrogen (secondary N) is 1. The predicted molar refractivity (Wildman–Crippen MR) is 92.3 cm³/mol. The van der Waals surface area contributed by atoms with Gasteiger partial charge in [0.1, 0.15) is 5.75 Å². The summed E-state index contributed by atoms with van der Waals surface area (Å²) in [7, 11) is 0. The first-order valence-electron chi connectivity index (χ1n) is 6.66. The van der Waals surface area contributed by atoms with Gasteiger partial charge in [-0.25, -0.2) is 0 Å². The fourth-order valence-corrected chi connectivity index (χ4v) is 2.63. The molecule has 2 rings (SSSR count). The zero-order valence-corrected chi connectivity index (χ0v) is 14.4.